The van der Waals surface area contributed by atoms with Crippen molar-refractivity contribution in [3.63, 3.8) is 0 Å². The van der Waals surface area contributed by atoms with Crippen molar-refractivity contribution in [3.05, 3.63) is 141 Å². The predicted molar refractivity (Wildman–Crippen MR) is 128 cm³/mol. The third-order valence-corrected chi connectivity index (χ3v) is 6.86. The quantitative estimate of drug-likeness (QED) is 0.222. The average molecular weight is 435 g/mol. The highest BCUT2D eigenvalue weighted by Gasteiger charge is 2.33. The molecule has 0 bridgehead atoms. The van der Waals surface area contributed by atoms with Crippen LogP contribution in [0.5, 0.6) is 0 Å². The van der Waals surface area contributed by atoms with E-state index in [0.717, 1.165) is 12.0 Å². The molecule has 1 atom stereocenters. The summed E-state index contributed by atoms with van der Waals surface area (Å²) in [6, 6.07) is 35.5. The largest absolute Gasteiger partial charge is 0.117 e. The number of halogens is 2. The molecule has 0 aliphatic heterocycles. The molecule has 4 aromatic rings. The summed E-state index contributed by atoms with van der Waals surface area (Å²) in [7, 11) is 3.13. The van der Waals surface area contributed by atoms with Crippen LogP contribution in [-0.2, 0) is 11.6 Å². The van der Waals surface area contributed by atoms with Gasteiger partial charge >= 0.3 is 0 Å². The Bertz CT molecular complexity index is 1070. The normalized spacial score (nSPS) is 11.4. The molecule has 3 heteroatoms. The van der Waals surface area contributed by atoms with E-state index in [0.29, 0.717) is 10.0 Å². The fraction of sp³-hybridized carbons (Fsp3) is 0.0769. The number of benzene rings is 4. The molecule has 0 fully saturated rings. The third kappa shape index (κ3) is 4.12. The van der Waals surface area contributed by atoms with E-state index < -0.39 is 0 Å². The van der Waals surface area contributed by atoms with Gasteiger partial charge in [0, 0.05) is 10.0 Å². The summed E-state index contributed by atoms with van der Waals surface area (Å²) < 4.78 is 0. The summed E-state index contributed by atoms with van der Waals surface area (Å²) in [6.45, 7) is 0. The Labute approximate surface area is 184 Å². The first-order chi connectivity index (χ1) is 14.1. The van der Waals surface area contributed by atoms with Gasteiger partial charge in [-0.05, 0) is 46.4 Å². The summed E-state index contributed by atoms with van der Waals surface area (Å²) in [5, 5.41) is 0.986. The Morgan fingerprint density at radius 1 is 0.621 bits per heavy atom. The second-order valence-electron chi connectivity index (χ2n) is 7.11. The van der Waals surface area contributed by atoms with E-state index in [1.54, 1.807) is 0 Å². The smallest absolute Gasteiger partial charge is 0.0594 e. The third-order valence-electron chi connectivity index (χ3n) is 5.30. The van der Waals surface area contributed by atoms with Gasteiger partial charge in [0.15, 0.2) is 0 Å². The van der Waals surface area contributed by atoms with E-state index in [1.165, 1.54) is 22.3 Å². The molecule has 0 aliphatic rings. The van der Waals surface area contributed by atoms with Gasteiger partial charge < -0.3 is 0 Å². The highest BCUT2D eigenvalue weighted by molar-refractivity contribution is 7.19. The monoisotopic (exact) mass is 434 g/mol. The minimum atomic E-state index is -0.363. The summed E-state index contributed by atoms with van der Waals surface area (Å²) >= 11 is 12.6. The molecule has 0 heterocycles. The molecular formula is C26H21Cl2P. The van der Waals surface area contributed by atoms with Crippen molar-refractivity contribution >= 4 is 32.4 Å². The lowest BCUT2D eigenvalue weighted by molar-refractivity contribution is 0.875. The van der Waals surface area contributed by atoms with E-state index >= 15 is 0 Å². The predicted octanol–water partition coefficient (Wildman–Crippen LogP) is 7.75. The molecule has 4 rings (SSSR count). The molecular weight excluding hydrogens is 414 g/mol. The lowest BCUT2D eigenvalue weighted by Crippen LogP contribution is -2.23. The van der Waals surface area contributed by atoms with Crippen molar-refractivity contribution in [2.45, 2.75) is 11.6 Å². The minimum absolute atomic E-state index is 0.363. The maximum Gasteiger partial charge on any atom is 0.0594 e. The Balaban J connectivity index is 1.89. The first-order valence-electron chi connectivity index (χ1n) is 9.51. The first-order valence-corrected chi connectivity index (χ1v) is 10.8. The van der Waals surface area contributed by atoms with Gasteiger partial charge in [0.2, 0.25) is 0 Å². The van der Waals surface area contributed by atoms with Gasteiger partial charge in [-0.1, -0.05) is 114 Å². The van der Waals surface area contributed by atoms with Gasteiger partial charge in [-0.15, -0.1) is 9.24 Å². The highest BCUT2D eigenvalue weighted by Crippen LogP contribution is 2.46. The van der Waals surface area contributed by atoms with Crippen molar-refractivity contribution in [1.29, 1.82) is 0 Å². The lowest BCUT2D eigenvalue weighted by Gasteiger charge is -2.33. The summed E-state index contributed by atoms with van der Waals surface area (Å²) in [6.07, 6.45) is 0.738. The maximum atomic E-state index is 6.49. The lowest BCUT2D eigenvalue weighted by atomic mass is 9.80. The zero-order chi connectivity index (χ0) is 20.3. The van der Waals surface area contributed by atoms with Crippen molar-refractivity contribution in [2.24, 2.45) is 0 Å². The summed E-state index contributed by atoms with van der Waals surface area (Å²) in [5.41, 5.74) is 6.00. The summed E-state index contributed by atoms with van der Waals surface area (Å²) in [5.74, 6) is 0. The molecule has 0 radical (unpaired) electrons. The summed E-state index contributed by atoms with van der Waals surface area (Å²) in [4.78, 5) is 0. The molecule has 0 saturated carbocycles. The van der Waals surface area contributed by atoms with Crippen LogP contribution < -0.4 is 0 Å². The Hall–Kier alpha value is -2.11. The van der Waals surface area contributed by atoms with E-state index in [4.69, 9.17) is 23.2 Å². The molecule has 4 aromatic carbocycles. The van der Waals surface area contributed by atoms with Gasteiger partial charge in [-0.25, -0.2) is 0 Å². The topological polar surface area (TPSA) is 0 Å². The highest BCUT2D eigenvalue weighted by atomic mass is 35.5. The fourth-order valence-corrected chi connectivity index (χ4v) is 4.95. The zero-order valence-electron chi connectivity index (χ0n) is 15.9. The van der Waals surface area contributed by atoms with Crippen LogP contribution >= 0.6 is 32.4 Å². The zero-order valence-corrected chi connectivity index (χ0v) is 18.5. The van der Waals surface area contributed by atoms with E-state index in [-0.39, 0.29) is 5.16 Å². The molecule has 1 unspecified atom stereocenters. The molecule has 0 saturated heterocycles. The van der Waals surface area contributed by atoms with Crippen LogP contribution in [0.1, 0.15) is 27.8 Å². The maximum absolute atomic E-state index is 6.49. The van der Waals surface area contributed by atoms with Crippen LogP contribution in [0.4, 0.5) is 0 Å². The van der Waals surface area contributed by atoms with Crippen LogP contribution in [0.15, 0.2) is 103 Å². The van der Waals surface area contributed by atoms with Crippen molar-refractivity contribution in [2.75, 3.05) is 0 Å². The van der Waals surface area contributed by atoms with Crippen molar-refractivity contribution in [3.8, 4) is 0 Å². The van der Waals surface area contributed by atoms with Crippen molar-refractivity contribution < 1.29 is 0 Å². The van der Waals surface area contributed by atoms with Gasteiger partial charge in [-0.2, -0.15) is 0 Å². The Morgan fingerprint density at radius 2 is 1.17 bits per heavy atom. The van der Waals surface area contributed by atoms with E-state index in [2.05, 4.69) is 94.2 Å². The molecule has 0 aliphatic carbocycles. The van der Waals surface area contributed by atoms with Crippen LogP contribution in [0.2, 0.25) is 10.0 Å². The van der Waals surface area contributed by atoms with Gasteiger partial charge in [0.25, 0.3) is 0 Å². The molecule has 0 N–H and O–H groups in total. The van der Waals surface area contributed by atoms with Crippen LogP contribution in [-0.4, -0.2) is 0 Å². The molecule has 0 spiro atoms. The van der Waals surface area contributed by atoms with Crippen LogP contribution in [0.3, 0.4) is 0 Å². The Kier molecular flexibility index (Phi) is 6.07. The molecule has 29 heavy (non-hydrogen) atoms. The second kappa shape index (κ2) is 8.72. The van der Waals surface area contributed by atoms with Gasteiger partial charge in [0.05, 0.1) is 5.16 Å². The fourth-order valence-electron chi connectivity index (χ4n) is 3.81. The molecule has 0 nitrogen and oxygen atoms in total. The standard InChI is InChI=1S/C26H21Cl2P/c27-23-16-15-20(25(28)18-23)17-19-9-7-8-14-24(19)26(29,21-10-3-1-4-11-21)22-12-5-2-6-13-22/h1-16,18H,17,29H2. The van der Waals surface area contributed by atoms with Crippen molar-refractivity contribution in [1.82, 2.24) is 0 Å². The minimum Gasteiger partial charge on any atom is -0.117 e. The first kappa shape index (κ1) is 20.2. The van der Waals surface area contributed by atoms with Gasteiger partial charge in [-0.3, -0.25) is 0 Å². The van der Waals surface area contributed by atoms with Crippen LogP contribution in [0.25, 0.3) is 0 Å². The number of rotatable bonds is 5. The SMILES string of the molecule is PC(c1ccccc1)(c1ccccc1)c1ccccc1Cc1ccc(Cl)cc1Cl. The molecule has 0 amide bonds. The molecule has 0 aromatic heterocycles. The second-order valence-corrected chi connectivity index (χ2v) is 8.82. The van der Waals surface area contributed by atoms with E-state index in [9.17, 15) is 0 Å². The number of hydrogen-bond donors (Lipinski definition) is 0. The van der Waals surface area contributed by atoms with Gasteiger partial charge in [0.1, 0.15) is 0 Å². The average Bonchev–Trinajstić information content (AvgIpc) is 2.77. The van der Waals surface area contributed by atoms with E-state index in [1.807, 2.05) is 18.2 Å². The number of hydrogen-bond acceptors (Lipinski definition) is 0. The Morgan fingerprint density at radius 3 is 1.76 bits per heavy atom. The molecule has 144 valence electrons. The van der Waals surface area contributed by atoms with Crippen LogP contribution in [0, 0.1) is 0 Å².